The fourth-order valence-electron chi connectivity index (χ4n) is 4.85. The minimum atomic E-state index is -0.195. The van der Waals surface area contributed by atoms with Crippen LogP contribution in [0.3, 0.4) is 0 Å². The Morgan fingerprint density at radius 2 is 1.80 bits per heavy atom. The first kappa shape index (κ1) is 18.7. The second-order valence-electron chi connectivity index (χ2n) is 8.30. The highest BCUT2D eigenvalue weighted by Crippen LogP contribution is 2.35. The van der Waals surface area contributed by atoms with Gasteiger partial charge in [0.15, 0.2) is 0 Å². The van der Waals surface area contributed by atoms with Crippen LogP contribution >= 0.6 is 0 Å². The largest absolute Gasteiger partial charge is 0.496 e. The van der Waals surface area contributed by atoms with Gasteiger partial charge in [-0.05, 0) is 12.1 Å². The van der Waals surface area contributed by atoms with Crippen molar-refractivity contribution in [2.45, 2.75) is 0 Å². The summed E-state index contributed by atoms with van der Waals surface area (Å²) in [5.41, 5.74) is 2.38. The second kappa shape index (κ2) is 6.90. The standard InChI is InChI=1S/C22H25N5O3/c1-24-13-16(19(30-3)8-20(24)28)21(29)26-9-14-11-27(12-15(14)10-26)22-23-17-6-4-5-7-18(17)25(22)2/h4-8,13-15H,9-12H2,1-3H3. The lowest BCUT2D eigenvalue weighted by atomic mass is 10.0. The maximum atomic E-state index is 13.1. The topological polar surface area (TPSA) is 72.6 Å². The van der Waals surface area contributed by atoms with Gasteiger partial charge >= 0.3 is 0 Å². The Kier molecular flexibility index (Phi) is 4.30. The van der Waals surface area contributed by atoms with Crippen LogP contribution < -0.4 is 15.2 Å². The number of fused-ring (bicyclic) bond motifs is 2. The zero-order valence-electron chi connectivity index (χ0n) is 17.4. The smallest absolute Gasteiger partial charge is 0.259 e. The molecule has 1 aromatic carbocycles. The number of aromatic nitrogens is 3. The third kappa shape index (κ3) is 2.86. The number of hydrogen-bond acceptors (Lipinski definition) is 5. The average molecular weight is 407 g/mol. The number of imidazole rings is 1. The quantitative estimate of drug-likeness (QED) is 0.658. The Morgan fingerprint density at radius 3 is 2.47 bits per heavy atom. The van der Waals surface area contributed by atoms with E-state index in [-0.39, 0.29) is 11.5 Å². The molecule has 0 bridgehead atoms. The number of methoxy groups -OCH3 is 1. The van der Waals surface area contributed by atoms with Crippen molar-refractivity contribution in [1.29, 1.82) is 0 Å². The average Bonchev–Trinajstić information content (AvgIpc) is 3.41. The van der Waals surface area contributed by atoms with Crippen molar-refractivity contribution < 1.29 is 9.53 Å². The van der Waals surface area contributed by atoms with E-state index < -0.39 is 0 Å². The van der Waals surface area contributed by atoms with Gasteiger partial charge in [0.1, 0.15) is 5.75 Å². The molecular formula is C22H25N5O3. The molecule has 2 fully saturated rings. The van der Waals surface area contributed by atoms with Crippen molar-refractivity contribution in [2.75, 3.05) is 38.2 Å². The summed E-state index contributed by atoms with van der Waals surface area (Å²) >= 11 is 0. The van der Waals surface area contributed by atoms with E-state index in [9.17, 15) is 9.59 Å². The molecule has 8 nitrogen and oxygen atoms in total. The van der Waals surface area contributed by atoms with Crippen LogP contribution in [0.1, 0.15) is 10.4 Å². The van der Waals surface area contributed by atoms with Crippen LogP contribution in [0.5, 0.6) is 5.75 Å². The van der Waals surface area contributed by atoms with Gasteiger partial charge in [-0.3, -0.25) is 9.59 Å². The maximum Gasteiger partial charge on any atom is 0.259 e. The van der Waals surface area contributed by atoms with E-state index in [4.69, 9.17) is 9.72 Å². The van der Waals surface area contributed by atoms with Crippen LogP contribution in [-0.2, 0) is 14.1 Å². The van der Waals surface area contributed by atoms with Gasteiger partial charge in [-0.1, -0.05) is 12.1 Å². The molecule has 2 aliphatic rings. The van der Waals surface area contributed by atoms with Gasteiger partial charge < -0.3 is 23.7 Å². The predicted molar refractivity (Wildman–Crippen MR) is 114 cm³/mol. The van der Waals surface area contributed by atoms with E-state index in [1.165, 1.54) is 17.7 Å². The number of rotatable bonds is 3. The van der Waals surface area contributed by atoms with Crippen molar-refractivity contribution in [1.82, 2.24) is 19.0 Å². The normalized spacial score (nSPS) is 20.8. The highest BCUT2D eigenvalue weighted by Gasteiger charge is 2.43. The minimum absolute atomic E-state index is 0.0777. The molecular weight excluding hydrogens is 382 g/mol. The van der Waals surface area contributed by atoms with Gasteiger partial charge in [0.05, 0.1) is 23.7 Å². The number of ether oxygens (including phenoxy) is 1. The molecule has 2 unspecified atom stereocenters. The number of aryl methyl sites for hydroxylation is 2. The van der Waals surface area contributed by atoms with Crippen LogP contribution in [0.15, 0.2) is 41.3 Å². The zero-order valence-corrected chi connectivity index (χ0v) is 17.4. The Morgan fingerprint density at radius 1 is 1.10 bits per heavy atom. The molecule has 156 valence electrons. The van der Waals surface area contributed by atoms with Gasteiger partial charge in [-0.25, -0.2) is 4.98 Å². The molecule has 0 saturated carbocycles. The maximum absolute atomic E-state index is 13.1. The Labute approximate surface area is 174 Å². The number of para-hydroxylation sites is 2. The third-order valence-electron chi connectivity index (χ3n) is 6.46. The predicted octanol–water partition coefficient (Wildman–Crippen LogP) is 1.49. The van der Waals surface area contributed by atoms with E-state index in [1.807, 2.05) is 23.1 Å². The van der Waals surface area contributed by atoms with E-state index >= 15 is 0 Å². The molecule has 2 saturated heterocycles. The van der Waals surface area contributed by atoms with Gasteiger partial charge in [-0.15, -0.1) is 0 Å². The minimum Gasteiger partial charge on any atom is -0.496 e. The van der Waals surface area contributed by atoms with Crippen LogP contribution in [0.4, 0.5) is 5.95 Å². The van der Waals surface area contributed by atoms with Gasteiger partial charge in [-0.2, -0.15) is 0 Å². The highest BCUT2D eigenvalue weighted by molar-refractivity contribution is 5.96. The summed E-state index contributed by atoms with van der Waals surface area (Å²) in [6.07, 6.45) is 1.57. The number of nitrogens with zero attached hydrogens (tertiary/aromatic N) is 5. The number of likely N-dealkylation sites (tertiary alicyclic amines) is 1. The second-order valence-corrected chi connectivity index (χ2v) is 8.30. The zero-order chi connectivity index (χ0) is 21.0. The lowest BCUT2D eigenvalue weighted by Gasteiger charge is -2.23. The Hall–Kier alpha value is -3.29. The van der Waals surface area contributed by atoms with Gasteiger partial charge in [0.2, 0.25) is 5.95 Å². The van der Waals surface area contributed by atoms with Gasteiger partial charge in [0.25, 0.3) is 11.5 Å². The van der Waals surface area contributed by atoms with E-state index in [1.54, 1.807) is 13.2 Å². The molecule has 2 aliphatic heterocycles. The first-order chi connectivity index (χ1) is 14.5. The molecule has 0 spiro atoms. The highest BCUT2D eigenvalue weighted by atomic mass is 16.5. The van der Waals surface area contributed by atoms with Crippen LogP contribution in [0, 0.1) is 11.8 Å². The number of benzene rings is 1. The van der Waals surface area contributed by atoms with Crippen LogP contribution in [0.2, 0.25) is 0 Å². The number of pyridine rings is 1. The van der Waals surface area contributed by atoms with Gasteiger partial charge in [0, 0.05) is 64.4 Å². The summed E-state index contributed by atoms with van der Waals surface area (Å²) < 4.78 is 8.86. The number of carbonyl (C=O) groups excluding carboxylic acids is 1. The summed E-state index contributed by atoms with van der Waals surface area (Å²) in [5, 5.41) is 0. The summed E-state index contributed by atoms with van der Waals surface area (Å²) in [7, 11) is 5.19. The number of anilines is 1. The van der Waals surface area contributed by atoms with Crippen molar-refractivity contribution in [3.8, 4) is 5.75 Å². The molecule has 30 heavy (non-hydrogen) atoms. The van der Waals surface area contributed by atoms with E-state index in [2.05, 4.69) is 22.6 Å². The van der Waals surface area contributed by atoms with Crippen molar-refractivity contribution in [2.24, 2.45) is 25.9 Å². The molecule has 1 amide bonds. The van der Waals surface area contributed by atoms with Crippen LogP contribution in [-0.4, -0.2) is 58.2 Å². The summed E-state index contributed by atoms with van der Waals surface area (Å²) in [6, 6.07) is 9.54. The number of carbonyl (C=O) groups is 1. The molecule has 5 rings (SSSR count). The molecule has 0 N–H and O–H groups in total. The van der Waals surface area contributed by atoms with E-state index in [0.29, 0.717) is 36.2 Å². The van der Waals surface area contributed by atoms with Crippen molar-refractivity contribution in [3.05, 3.63) is 52.4 Å². The first-order valence-corrected chi connectivity index (χ1v) is 10.2. The Bertz CT molecular complexity index is 1180. The lowest BCUT2D eigenvalue weighted by Crippen LogP contribution is -2.34. The van der Waals surface area contributed by atoms with Crippen molar-refractivity contribution >= 4 is 22.9 Å². The van der Waals surface area contributed by atoms with E-state index in [0.717, 1.165) is 30.1 Å². The SMILES string of the molecule is COc1cc(=O)n(C)cc1C(=O)N1CC2CN(c3nc4ccccc4n3C)CC2C1. The van der Waals surface area contributed by atoms with Crippen LogP contribution in [0.25, 0.3) is 11.0 Å². The molecule has 2 atom stereocenters. The summed E-state index contributed by atoms with van der Waals surface area (Å²) in [4.78, 5) is 34.1. The third-order valence-corrected chi connectivity index (χ3v) is 6.46. The molecule has 3 aromatic rings. The molecule has 0 aliphatic carbocycles. The molecule has 8 heteroatoms. The molecule has 0 radical (unpaired) electrons. The lowest BCUT2D eigenvalue weighted by molar-refractivity contribution is 0.0778. The summed E-state index contributed by atoms with van der Waals surface area (Å²) in [5.74, 6) is 2.07. The monoisotopic (exact) mass is 407 g/mol. The molecule has 2 aromatic heterocycles. The fraction of sp³-hybridized carbons (Fsp3) is 0.409. The van der Waals surface area contributed by atoms with Crippen molar-refractivity contribution in [3.63, 3.8) is 0 Å². The number of amides is 1. The number of hydrogen-bond donors (Lipinski definition) is 0. The first-order valence-electron chi connectivity index (χ1n) is 10.2. The fourth-order valence-corrected chi connectivity index (χ4v) is 4.85. The molecule has 4 heterocycles. The Balaban J connectivity index is 1.34. The summed E-state index contributed by atoms with van der Waals surface area (Å²) in [6.45, 7) is 3.18.